The van der Waals surface area contributed by atoms with Gasteiger partial charge >= 0.3 is 0 Å². The Bertz CT molecular complexity index is 1050. The molecule has 6 heteroatoms. The van der Waals surface area contributed by atoms with E-state index in [-0.39, 0.29) is 11.5 Å². The van der Waals surface area contributed by atoms with Gasteiger partial charge in [0.15, 0.2) is 0 Å². The van der Waals surface area contributed by atoms with Crippen LogP contribution in [0.1, 0.15) is 25.3 Å². The SMILES string of the molecule is CC(=O)Nc1ccc(CN2CCC(Cn3cnc4ccccc4c3=O)CC2)cc1. The van der Waals surface area contributed by atoms with E-state index in [0.717, 1.165) is 50.2 Å². The van der Waals surface area contributed by atoms with Gasteiger partial charge in [-0.1, -0.05) is 24.3 Å². The topological polar surface area (TPSA) is 67.2 Å². The lowest BCUT2D eigenvalue weighted by atomic mass is 9.96. The number of benzene rings is 2. The van der Waals surface area contributed by atoms with Crippen molar-refractivity contribution < 1.29 is 4.79 Å². The number of piperidine rings is 1. The van der Waals surface area contributed by atoms with E-state index in [1.54, 1.807) is 10.9 Å². The smallest absolute Gasteiger partial charge is 0.261 e. The van der Waals surface area contributed by atoms with Crippen LogP contribution >= 0.6 is 0 Å². The molecule has 2 heterocycles. The Morgan fingerprint density at radius 3 is 2.55 bits per heavy atom. The number of para-hydroxylation sites is 1. The number of nitrogens with zero attached hydrogens (tertiary/aromatic N) is 3. The van der Waals surface area contributed by atoms with E-state index >= 15 is 0 Å². The molecule has 1 saturated heterocycles. The van der Waals surface area contributed by atoms with Crippen LogP contribution in [-0.4, -0.2) is 33.4 Å². The Morgan fingerprint density at radius 1 is 1.10 bits per heavy atom. The highest BCUT2D eigenvalue weighted by Crippen LogP contribution is 2.21. The fraction of sp³-hybridized carbons (Fsp3) is 0.348. The first kappa shape index (κ1) is 19.3. The van der Waals surface area contributed by atoms with Crippen molar-refractivity contribution in [2.45, 2.75) is 32.9 Å². The van der Waals surface area contributed by atoms with Crippen molar-refractivity contribution in [2.75, 3.05) is 18.4 Å². The maximum absolute atomic E-state index is 12.7. The average molecular weight is 390 g/mol. The number of carbonyl (C=O) groups is 1. The zero-order valence-electron chi connectivity index (χ0n) is 16.7. The molecule has 1 amide bonds. The molecule has 6 nitrogen and oxygen atoms in total. The van der Waals surface area contributed by atoms with Crippen molar-refractivity contribution in [3.63, 3.8) is 0 Å². The van der Waals surface area contributed by atoms with Gasteiger partial charge in [0.1, 0.15) is 0 Å². The minimum absolute atomic E-state index is 0.0530. The summed E-state index contributed by atoms with van der Waals surface area (Å²) >= 11 is 0. The van der Waals surface area contributed by atoms with Crippen LogP contribution in [0.15, 0.2) is 59.7 Å². The molecule has 0 bridgehead atoms. The quantitative estimate of drug-likeness (QED) is 0.726. The van der Waals surface area contributed by atoms with Crippen LogP contribution in [0.3, 0.4) is 0 Å². The standard InChI is InChI=1S/C23H26N4O2/c1-17(28)25-20-8-6-18(7-9-20)14-26-12-10-19(11-13-26)15-27-16-24-22-5-3-2-4-21(22)23(27)29/h2-9,16,19H,10-15H2,1H3,(H,25,28). The summed E-state index contributed by atoms with van der Waals surface area (Å²) in [6.07, 6.45) is 3.83. The molecule has 1 aliphatic heterocycles. The Labute approximate surface area is 170 Å². The predicted octanol–water partition coefficient (Wildman–Crippen LogP) is 3.27. The molecular formula is C23H26N4O2. The second-order valence-electron chi connectivity index (χ2n) is 7.82. The van der Waals surface area contributed by atoms with E-state index in [0.29, 0.717) is 11.3 Å². The summed E-state index contributed by atoms with van der Waals surface area (Å²) in [5, 5.41) is 3.48. The molecule has 0 unspecified atom stereocenters. The van der Waals surface area contributed by atoms with E-state index in [4.69, 9.17) is 0 Å². The molecule has 3 aromatic rings. The first-order valence-corrected chi connectivity index (χ1v) is 10.1. The van der Waals surface area contributed by atoms with Crippen LogP contribution in [0.2, 0.25) is 0 Å². The molecular weight excluding hydrogens is 364 g/mol. The Hall–Kier alpha value is -2.99. The van der Waals surface area contributed by atoms with E-state index in [2.05, 4.69) is 27.3 Å². The molecule has 1 fully saturated rings. The number of likely N-dealkylation sites (tertiary alicyclic amines) is 1. The fourth-order valence-corrected chi connectivity index (χ4v) is 4.00. The van der Waals surface area contributed by atoms with Crippen LogP contribution in [0.5, 0.6) is 0 Å². The molecule has 0 aliphatic carbocycles. The summed E-state index contributed by atoms with van der Waals surface area (Å²) in [7, 11) is 0. The minimum atomic E-state index is -0.0551. The number of rotatable bonds is 5. The van der Waals surface area contributed by atoms with Crippen molar-refractivity contribution in [3.8, 4) is 0 Å². The second kappa shape index (κ2) is 8.57. The summed E-state index contributed by atoms with van der Waals surface area (Å²) < 4.78 is 1.77. The number of fused-ring (bicyclic) bond motifs is 1. The van der Waals surface area contributed by atoms with E-state index in [1.807, 2.05) is 36.4 Å². The number of hydrogen-bond donors (Lipinski definition) is 1. The third-order valence-corrected chi connectivity index (χ3v) is 5.57. The lowest BCUT2D eigenvalue weighted by Gasteiger charge is -2.32. The van der Waals surface area contributed by atoms with Gasteiger partial charge in [-0.2, -0.15) is 0 Å². The van der Waals surface area contributed by atoms with Crippen molar-refractivity contribution in [2.24, 2.45) is 5.92 Å². The Morgan fingerprint density at radius 2 is 1.83 bits per heavy atom. The van der Waals surface area contributed by atoms with Gasteiger partial charge in [-0.25, -0.2) is 4.98 Å². The molecule has 2 aromatic carbocycles. The molecule has 150 valence electrons. The maximum Gasteiger partial charge on any atom is 0.261 e. The molecule has 0 spiro atoms. The summed E-state index contributed by atoms with van der Waals surface area (Å²) in [6.45, 7) is 5.20. The number of aromatic nitrogens is 2. The van der Waals surface area contributed by atoms with Crippen molar-refractivity contribution in [1.82, 2.24) is 14.5 Å². The Balaban J connectivity index is 1.32. The molecule has 1 aliphatic rings. The van der Waals surface area contributed by atoms with E-state index in [9.17, 15) is 9.59 Å². The van der Waals surface area contributed by atoms with Gasteiger partial charge in [-0.3, -0.25) is 19.1 Å². The maximum atomic E-state index is 12.7. The van der Waals surface area contributed by atoms with Gasteiger partial charge < -0.3 is 5.32 Å². The molecule has 4 rings (SSSR count). The zero-order valence-corrected chi connectivity index (χ0v) is 16.7. The summed E-state index contributed by atoms with van der Waals surface area (Å²) in [6, 6.07) is 15.5. The number of hydrogen-bond acceptors (Lipinski definition) is 4. The largest absolute Gasteiger partial charge is 0.326 e. The minimum Gasteiger partial charge on any atom is -0.326 e. The molecule has 1 N–H and O–H groups in total. The lowest BCUT2D eigenvalue weighted by Crippen LogP contribution is -2.36. The van der Waals surface area contributed by atoms with Crippen molar-refractivity contribution in [3.05, 3.63) is 70.8 Å². The molecule has 0 atom stereocenters. The van der Waals surface area contributed by atoms with Crippen LogP contribution in [0, 0.1) is 5.92 Å². The Kier molecular flexibility index (Phi) is 5.71. The highest BCUT2D eigenvalue weighted by molar-refractivity contribution is 5.88. The van der Waals surface area contributed by atoms with Gasteiger partial charge in [-0.05, 0) is 61.7 Å². The van der Waals surface area contributed by atoms with Gasteiger partial charge in [-0.15, -0.1) is 0 Å². The highest BCUT2D eigenvalue weighted by Gasteiger charge is 2.20. The fourth-order valence-electron chi connectivity index (χ4n) is 4.00. The van der Waals surface area contributed by atoms with Gasteiger partial charge in [0.25, 0.3) is 5.56 Å². The normalized spacial score (nSPS) is 15.5. The zero-order chi connectivity index (χ0) is 20.2. The van der Waals surface area contributed by atoms with E-state index < -0.39 is 0 Å². The first-order valence-electron chi connectivity index (χ1n) is 10.1. The first-order chi connectivity index (χ1) is 14.1. The van der Waals surface area contributed by atoms with Crippen molar-refractivity contribution in [1.29, 1.82) is 0 Å². The second-order valence-corrected chi connectivity index (χ2v) is 7.82. The number of anilines is 1. The van der Waals surface area contributed by atoms with Crippen LogP contribution in [0.25, 0.3) is 10.9 Å². The molecule has 0 radical (unpaired) electrons. The third kappa shape index (κ3) is 4.71. The van der Waals surface area contributed by atoms with Crippen LogP contribution in [-0.2, 0) is 17.9 Å². The van der Waals surface area contributed by atoms with Gasteiger partial charge in [0.05, 0.1) is 17.2 Å². The van der Waals surface area contributed by atoms with Crippen molar-refractivity contribution >= 4 is 22.5 Å². The molecule has 0 saturated carbocycles. The monoisotopic (exact) mass is 390 g/mol. The van der Waals surface area contributed by atoms with Gasteiger partial charge in [0, 0.05) is 25.7 Å². The highest BCUT2D eigenvalue weighted by atomic mass is 16.1. The summed E-state index contributed by atoms with van der Waals surface area (Å²) in [5.41, 5.74) is 2.88. The predicted molar refractivity (Wildman–Crippen MR) is 115 cm³/mol. The number of nitrogens with one attached hydrogen (secondary N) is 1. The lowest BCUT2D eigenvalue weighted by molar-refractivity contribution is -0.114. The van der Waals surface area contributed by atoms with E-state index in [1.165, 1.54) is 12.5 Å². The number of amides is 1. The third-order valence-electron chi connectivity index (χ3n) is 5.57. The molecule has 1 aromatic heterocycles. The molecule has 29 heavy (non-hydrogen) atoms. The summed E-state index contributed by atoms with van der Waals surface area (Å²) in [5.74, 6) is 0.439. The van der Waals surface area contributed by atoms with Crippen LogP contribution < -0.4 is 10.9 Å². The average Bonchev–Trinajstić information content (AvgIpc) is 2.73. The number of carbonyl (C=O) groups excluding carboxylic acids is 1. The summed E-state index contributed by atoms with van der Waals surface area (Å²) in [4.78, 5) is 30.7. The van der Waals surface area contributed by atoms with Crippen LogP contribution in [0.4, 0.5) is 5.69 Å². The van der Waals surface area contributed by atoms with Gasteiger partial charge in [0.2, 0.25) is 5.91 Å².